The van der Waals surface area contributed by atoms with E-state index >= 15 is 0 Å². The van der Waals surface area contributed by atoms with Gasteiger partial charge in [-0.2, -0.15) is 0 Å². The number of anilines is 1. The van der Waals surface area contributed by atoms with Crippen molar-refractivity contribution in [2.75, 3.05) is 32.1 Å². The zero-order chi connectivity index (χ0) is 20.5. The highest BCUT2D eigenvalue weighted by atomic mass is 32.1. The van der Waals surface area contributed by atoms with Gasteiger partial charge >= 0.3 is 6.09 Å². The minimum absolute atomic E-state index is 0.0146. The van der Waals surface area contributed by atoms with Crippen LogP contribution in [0, 0.1) is 0 Å². The van der Waals surface area contributed by atoms with Crippen LogP contribution in [0.4, 0.5) is 9.93 Å². The van der Waals surface area contributed by atoms with E-state index in [2.05, 4.69) is 10.3 Å². The number of ether oxygens (including phenoxy) is 1. The Morgan fingerprint density at radius 3 is 2.71 bits per heavy atom. The van der Waals surface area contributed by atoms with E-state index in [0.29, 0.717) is 18.0 Å². The fourth-order valence-corrected chi connectivity index (χ4v) is 5.25. The zero-order valence-electron chi connectivity index (χ0n) is 17.1. The number of aromatic nitrogens is 1. The summed E-state index contributed by atoms with van der Waals surface area (Å²) in [6.45, 7) is 6.62. The summed E-state index contributed by atoms with van der Waals surface area (Å²) in [5.41, 5.74) is -0.534. The number of piperidine rings is 1. The number of carbonyl (C=O) groups is 2. The molecule has 1 saturated heterocycles. The molecule has 1 fully saturated rings. The number of hydrogen-bond acceptors (Lipinski definition) is 7. The molecule has 7 nitrogen and oxygen atoms in total. The van der Waals surface area contributed by atoms with Gasteiger partial charge in [-0.15, -0.1) is 11.3 Å². The van der Waals surface area contributed by atoms with Crippen molar-refractivity contribution in [1.29, 1.82) is 0 Å². The maximum atomic E-state index is 13.1. The van der Waals surface area contributed by atoms with E-state index in [0.717, 1.165) is 33.9 Å². The summed E-state index contributed by atoms with van der Waals surface area (Å²) in [6, 6.07) is 1.93. The minimum Gasteiger partial charge on any atom is -0.444 e. The maximum absolute atomic E-state index is 13.1. The van der Waals surface area contributed by atoms with Gasteiger partial charge in [-0.3, -0.25) is 4.79 Å². The highest BCUT2D eigenvalue weighted by Crippen LogP contribution is 2.35. The van der Waals surface area contributed by atoms with Crippen LogP contribution in [0.15, 0.2) is 6.07 Å². The van der Waals surface area contributed by atoms with Crippen molar-refractivity contribution in [2.24, 2.45) is 0 Å². The van der Waals surface area contributed by atoms with E-state index in [9.17, 15) is 9.59 Å². The van der Waals surface area contributed by atoms with Crippen LogP contribution in [-0.4, -0.2) is 60.7 Å². The summed E-state index contributed by atoms with van der Waals surface area (Å²) in [5.74, 6) is 0.0253. The first-order valence-corrected chi connectivity index (χ1v) is 11.1. The SMILES string of the molecule is CN(C)c1nc2sc(C(=O)N3CCCCC3CNC(=O)OC(C)(C)C)cc2s1. The number of alkyl carbamates (subject to hydrolysis) is 1. The molecule has 0 bridgehead atoms. The molecule has 28 heavy (non-hydrogen) atoms. The van der Waals surface area contributed by atoms with Gasteiger partial charge in [-0.05, 0) is 46.1 Å². The van der Waals surface area contributed by atoms with Crippen molar-refractivity contribution in [2.45, 2.75) is 51.7 Å². The lowest BCUT2D eigenvalue weighted by molar-refractivity contribution is 0.0463. The maximum Gasteiger partial charge on any atom is 0.407 e. The summed E-state index contributed by atoms with van der Waals surface area (Å²) in [4.78, 5) is 35.2. The van der Waals surface area contributed by atoms with Crippen molar-refractivity contribution >= 4 is 49.3 Å². The predicted octanol–water partition coefficient (Wildman–Crippen LogP) is 3.94. The second-order valence-corrected chi connectivity index (χ2v) is 10.2. The molecule has 1 unspecified atom stereocenters. The number of thiazole rings is 1. The van der Waals surface area contributed by atoms with E-state index < -0.39 is 11.7 Å². The van der Waals surface area contributed by atoms with Gasteiger partial charge in [0.2, 0.25) is 0 Å². The van der Waals surface area contributed by atoms with Gasteiger partial charge in [0.05, 0.1) is 9.58 Å². The number of nitrogens with zero attached hydrogens (tertiary/aromatic N) is 3. The van der Waals surface area contributed by atoms with E-state index in [1.54, 1.807) is 11.3 Å². The van der Waals surface area contributed by atoms with E-state index in [4.69, 9.17) is 4.74 Å². The molecule has 9 heteroatoms. The Bertz CT molecular complexity index is 822. The lowest BCUT2D eigenvalue weighted by Crippen LogP contribution is -2.49. The average Bonchev–Trinajstić information content (AvgIpc) is 3.17. The number of nitrogens with one attached hydrogen (secondary N) is 1. The number of fused-ring (bicyclic) bond motifs is 1. The van der Waals surface area contributed by atoms with Crippen LogP contribution in [0.5, 0.6) is 0 Å². The van der Waals surface area contributed by atoms with Crippen molar-refractivity contribution in [3.05, 3.63) is 10.9 Å². The average molecular weight is 425 g/mol. The third kappa shape index (κ3) is 4.94. The van der Waals surface area contributed by atoms with Crippen molar-refractivity contribution in [3.8, 4) is 0 Å². The van der Waals surface area contributed by atoms with Crippen LogP contribution < -0.4 is 10.2 Å². The molecule has 1 aliphatic heterocycles. The number of carbonyl (C=O) groups excluding carboxylic acids is 2. The van der Waals surface area contributed by atoms with Crippen LogP contribution >= 0.6 is 22.7 Å². The molecule has 2 aromatic heterocycles. The third-order valence-corrected chi connectivity index (χ3v) is 6.76. The molecule has 2 amide bonds. The second kappa shape index (κ2) is 8.24. The van der Waals surface area contributed by atoms with Crippen LogP contribution in [0.25, 0.3) is 9.53 Å². The summed E-state index contributed by atoms with van der Waals surface area (Å²) >= 11 is 3.03. The normalized spacial score (nSPS) is 17.6. The summed E-state index contributed by atoms with van der Waals surface area (Å²) in [7, 11) is 3.93. The van der Waals surface area contributed by atoms with Crippen LogP contribution in [0.2, 0.25) is 0 Å². The Morgan fingerprint density at radius 1 is 1.32 bits per heavy atom. The fraction of sp³-hybridized carbons (Fsp3) is 0.632. The number of rotatable bonds is 4. The Labute approximate surface area is 173 Å². The van der Waals surface area contributed by atoms with Gasteiger partial charge in [-0.1, -0.05) is 11.3 Å². The van der Waals surface area contributed by atoms with Crippen molar-refractivity contribution in [3.63, 3.8) is 0 Å². The standard InChI is InChI=1S/C19H28N4O3S2/c1-19(2,3)26-18(25)20-11-12-8-6-7-9-23(12)16(24)14-10-13-15(27-14)21-17(28-13)22(4)5/h10,12H,6-9,11H2,1-5H3,(H,20,25). The van der Waals surface area contributed by atoms with Crippen molar-refractivity contribution in [1.82, 2.24) is 15.2 Å². The molecule has 0 spiro atoms. The quantitative estimate of drug-likeness (QED) is 0.805. The van der Waals surface area contributed by atoms with E-state index in [1.807, 2.05) is 50.7 Å². The van der Waals surface area contributed by atoms with Gasteiger partial charge in [0.1, 0.15) is 10.4 Å². The topological polar surface area (TPSA) is 74.8 Å². The fourth-order valence-electron chi connectivity index (χ4n) is 3.16. The largest absolute Gasteiger partial charge is 0.444 e. The number of hydrogen-bond donors (Lipinski definition) is 1. The molecular weight excluding hydrogens is 396 g/mol. The van der Waals surface area contributed by atoms with Gasteiger partial charge in [0, 0.05) is 33.2 Å². The number of likely N-dealkylation sites (tertiary alicyclic amines) is 1. The van der Waals surface area contributed by atoms with Gasteiger partial charge in [-0.25, -0.2) is 9.78 Å². The molecule has 1 aliphatic rings. The zero-order valence-corrected chi connectivity index (χ0v) is 18.7. The highest BCUT2D eigenvalue weighted by molar-refractivity contribution is 7.29. The third-order valence-electron chi connectivity index (χ3n) is 4.44. The molecule has 3 heterocycles. The molecule has 154 valence electrons. The second-order valence-electron chi connectivity index (χ2n) is 8.20. The lowest BCUT2D eigenvalue weighted by atomic mass is 10.0. The molecule has 1 N–H and O–H groups in total. The number of amides is 2. The smallest absolute Gasteiger partial charge is 0.407 e. The van der Waals surface area contributed by atoms with E-state index in [-0.39, 0.29) is 11.9 Å². The first kappa shape index (κ1) is 20.9. The summed E-state index contributed by atoms with van der Waals surface area (Å²) in [6.07, 6.45) is 2.47. The predicted molar refractivity (Wildman–Crippen MR) is 115 cm³/mol. The van der Waals surface area contributed by atoms with Gasteiger partial charge in [0.15, 0.2) is 5.13 Å². The van der Waals surface area contributed by atoms with E-state index in [1.165, 1.54) is 11.3 Å². The highest BCUT2D eigenvalue weighted by Gasteiger charge is 2.29. The van der Waals surface area contributed by atoms with Crippen LogP contribution in [0.1, 0.15) is 49.7 Å². The first-order chi connectivity index (χ1) is 13.1. The molecule has 0 aromatic carbocycles. The lowest BCUT2D eigenvalue weighted by Gasteiger charge is -2.35. The Kier molecular flexibility index (Phi) is 6.14. The van der Waals surface area contributed by atoms with Crippen LogP contribution in [0.3, 0.4) is 0 Å². The van der Waals surface area contributed by atoms with Gasteiger partial charge in [0.25, 0.3) is 5.91 Å². The van der Waals surface area contributed by atoms with Crippen molar-refractivity contribution < 1.29 is 14.3 Å². The molecule has 1 atom stereocenters. The monoisotopic (exact) mass is 424 g/mol. The molecule has 2 aromatic rings. The van der Waals surface area contributed by atoms with Crippen LogP contribution in [-0.2, 0) is 4.74 Å². The molecule has 0 aliphatic carbocycles. The van der Waals surface area contributed by atoms with Gasteiger partial charge < -0.3 is 19.9 Å². The minimum atomic E-state index is -0.534. The first-order valence-electron chi connectivity index (χ1n) is 9.49. The summed E-state index contributed by atoms with van der Waals surface area (Å²) in [5, 5.41) is 3.76. The molecular formula is C19H28N4O3S2. The molecule has 0 radical (unpaired) electrons. The Morgan fingerprint density at radius 2 is 2.07 bits per heavy atom. The molecule has 3 rings (SSSR count). The molecule has 0 saturated carbocycles. The Hall–Kier alpha value is -1.87. The Balaban J connectivity index is 1.68. The summed E-state index contributed by atoms with van der Waals surface area (Å²) < 4.78 is 6.35. The number of thiophene rings is 1.